The second kappa shape index (κ2) is 7.40. The molecule has 0 unspecified atom stereocenters. The molecule has 130 valence electrons. The number of aromatic nitrogens is 3. The van der Waals surface area contributed by atoms with Gasteiger partial charge in [0.1, 0.15) is 10.8 Å². The van der Waals surface area contributed by atoms with Crippen LogP contribution in [-0.2, 0) is 5.75 Å². The molecule has 0 saturated carbocycles. The van der Waals surface area contributed by atoms with Crippen LogP contribution >= 0.6 is 23.4 Å². The lowest BCUT2D eigenvalue weighted by Gasteiger charge is -2.04. The first kappa shape index (κ1) is 16.9. The summed E-state index contributed by atoms with van der Waals surface area (Å²) < 4.78 is 7.17. The molecule has 0 fully saturated rings. The molecule has 6 heteroatoms. The van der Waals surface area contributed by atoms with E-state index >= 15 is 0 Å². The standard InChI is InChI=1S/C20H16ClN3OS/c1-25-16-7-4-6-14(11-16)18-12-19-20(22-9-10-24(19)23-18)26-13-15-5-2-3-8-17(15)21/h2-12H,13H2,1H3. The summed E-state index contributed by atoms with van der Waals surface area (Å²) in [4.78, 5) is 4.53. The van der Waals surface area contributed by atoms with Crippen molar-refractivity contribution in [1.82, 2.24) is 14.6 Å². The summed E-state index contributed by atoms with van der Waals surface area (Å²) in [5, 5.41) is 6.37. The van der Waals surface area contributed by atoms with E-state index in [1.54, 1.807) is 25.1 Å². The van der Waals surface area contributed by atoms with Gasteiger partial charge in [0.15, 0.2) is 0 Å². The van der Waals surface area contributed by atoms with Crippen molar-refractivity contribution in [3.8, 4) is 17.0 Å². The van der Waals surface area contributed by atoms with E-state index in [0.29, 0.717) is 0 Å². The zero-order chi connectivity index (χ0) is 17.9. The topological polar surface area (TPSA) is 39.4 Å². The molecule has 0 saturated heterocycles. The van der Waals surface area contributed by atoms with E-state index in [1.165, 1.54) is 0 Å². The van der Waals surface area contributed by atoms with Gasteiger partial charge < -0.3 is 4.74 Å². The molecule has 0 amide bonds. The zero-order valence-electron chi connectivity index (χ0n) is 14.1. The predicted octanol–water partition coefficient (Wildman–Crippen LogP) is 5.35. The molecule has 0 aliphatic heterocycles. The highest BCUT2D eigenvalue weighted by Gasteiger charge is 2.11. The van der Waals surface area contributed by atoms with Crippen molar-refractivity contribution in [2.45, 2.75) is 10.8 Å². The molecule has 0 N–H and O–H groups in total. The maximum absolute atomic E-state index is 6.26. The summed E-state index contributed by atoms with van der Waals surface area (Å²) in [6.07, 6.45) is 3.63. The quantitative estimate of drug-likeness (QED) is 0.437. The molecule has 0 radical (unpaired) electrons. The lowest BCUT2D eigenvalue weighted by molar-refractivity contribution is 0.415. The van der Waals surface area contributed by atoms with Gasteiger partial charge in [0, 0.05) is 28.7 Å². The highest BCUT2D eigenvalue weighted by Crippen LogP contribution is 2.30. The number of hydrogen-bond acceptors (Lipinski definition) is 4. The van der Waals surface area contributed by atoms with Crippen molar-refractivity contribution in [3.05, 3.63) is 77.6 Å². The van der Waals surface area contributed by atoms with E-state index in [0.717, 1.165) is 43.9 Å². The Hall–Kier alpha value is -2.50. The van der Waals surface area contributed by atoms with E-state index in [-0.39, 0.29) is 0 Å². The number of benzene rings is 2. The Labute approximate surface area is 160 Å². The normalized spacial score (nSPS) is 11.0. The fraction of sp³-hybridized carbons (Fsp3) is 0.100. The van der Waals surface area contributed by atoms with Gasteiger partial charge in [0.05, 0.1) is 18.3 Å². The van der Waals surface area contributed by atoms with Gasteiger partial charge in [0.25, 0.3) is 0 Å². The fourth-order valence-electron chi connectivity index (χ4n) is 2.69. The maximum Gasteiger partial charge on any atom is 0.122 e. The number of thioether (sulfide) groups is 1. The Morgan fingerprint density at radius 1 is 1.12 bits per heavy atom. The van der Waals surface area contributed by atoms with Crippen molar-refractivity contribution in [1.29, 1.82) is 0 Å². The Kier molecular flexibility index (Phi) is 4.82. The van der Waals surface area contributed by atoms with Crippen molar-refractivity contribution < 1.29 is 4.74 Å². The lowest BCUT2D eigenvalue weighted by Crippen LogP contribution is -1.91. The Bertz CT molecular complexity index is 1060. The highest BCUT2D eigenvalue weighted by molar-refractivity contribution is 7.98. The minimum atomic E-state index is 0.756. The Balaban J connectivity index is 1.66. The van der Waals surface area contributed by atoms with E-state index in [2.05, 4.69) is 16.1 Å². The Morgan fingerprint density at radius 2 is 2.00 bits per heavy atom. The van der Waals surface area contributed by atoms with Gasteiger partial charge in [-0.2, -0.15) is 5.10 Å². The number of halogens is 1. The van der Waals surface area contributed by atoms with Crippen molar-refractivity contribution in [3.63, 3.8) is 0 Å². The molecule has 0 aliphatic carbocycles. The third kappa shape index (κ3) is 3.41. The average Bonchev–Trinajstić information content (AvgIpc) is 3.12. The lowest BCUT2D eigenvalue weighted by atomic mass is 10.1. The smallest absolute Gasteiger partial charge is 0.122 e. The fourth-order valence-corrected chi connectivity index (χ4v) is 3.96. The van der Waals surface area contributed by atoms with E-state index in [1.807, 2.05) is 59.2 Å². The van der Waals surface area contributed by atoms with Gasteiger partial charge in [-0.25, -0.2) is 9.50 Å². The molecule has 0 aliphatic rings. The third-order valence-corrected chi connectivity index (χ3v) is 5.45. The Morgan fingerprint density at radius 3 is 2.85 bits per heavy atom. The SMILES string of the molecule is COc1cccc(-c2cc3c(SCc4ccccc4Cl)nccn3n2)c1. The van der Waals surface area contributed by atoms with Crippen LogP contribution in [0.4, 0.5) is 0 Å². The maximum atomic E-state index is 6.26. The summed E-state index contributed by atoms with van der Waals surface area (Å²) in [5.41, 5.74) is 3.96. The van der Waals surface area contributed by atoms with Gasteiger partial charge in [-0.3, -0.25) is 0 Å². The van der Waals surface area contributed by atoms with Crippen LogP contribution in [0.2, 0.25) is 5.02 Å². The first-order valence-electron chi connectivity index (χ1n) is 8.09. The number of ether oxygens (including phenoxy) is 1. The minimum Gasteiger partial charge on any atom is -0.497 e. The van der Waals surface area contributed by atoms with E-state index in [9.17, 15) is 0 Å². The molecule has 26 heavy (non-hydrogen) atoms. The first-order chi connectivity index (χ1) is 12.7. The van der Waals surface area contributed by atoms with Crippen molar-refractivity contribution in [2.75, 3.05) is 7.11 Å². The molecule has 2 aromatic carbocycles. The molecular weight excluding hydrogens is 366 g/mol. The molecule has 0 bridgehead atoms. The molecular formula is C20H16ClN3OS. The van der Waals surface area contributed by atoms with Crippen LogP contribution in [0.15, 0.2) is 72.0 Å². The van der Waals surface area contributed by atoms with Crippen LogP contribution in [0.25, 0.3) is 16.8 Å². The monoisotopic (exact) mass is 381 g/mol. The van der Waals surface area contributed by atoms with Crippen LogP contribution in [0.1, 0.15) is 5.56 Å². The van der Waals surface area contributed by atoms with Gasteiger partial charge >= 0.3 is 0 Å². The van der Waals surface area contributed by atoms with Gasteiger partial charge in [-0.15, -0.1) is 0 Å². The molecule has 4 rings (SSSR count). The van der Waals surface area contributed by atoms with Gasteiger partial charge in [-0.05, 0) is 29.8 Å². The van der Waals surface area contributed by atoms with Crippen LogP contribution in [0.5, 0.6) is 5.75 Å². The summed E-state index contributed by atoms with van der Waals surface area (Å²) >= 11 is 7.91. The average molecular weight is 382 g/mol. The zero-order valence-corrected chi connectivity index (χ0v) is 15.7. The molecule has 2 heterocycles. The summed E-state index contributed by atoms with van der Waals surface area (Å²) in [7, 11) is 1.66. The number of hydrogen-bond donors (Lipinski definition) is 0. The number of fused-ring (bicyclic) bond motifs is 1. The van der Waals surface area contributed by atoms with E-state index in [4.69, 9.17) is 16.3 Å². The second-order valence-corrected chi connectivity index (χ2v) is 7.08. The van der Waals surface area contributed by atoms with Gasteiger partial charge in [0.2, 0.25) is 0 Å². The molecule has 2 aromatic heterocycles. The minimum absolute atomic E-state index is 0.756. The van der Waals surface area contributed by atoms with Crippen molar-refractivity contribution in [2.24, 2.45) is 0 Å². The summed E-state index contributed by atoms with van der Waals surface area (Å²) in [6.45, 7) is 0. The summed E-state index contributed by atoms with van der Waals surface area (Å²) in [5.74, 6) is 1.57. The van der Waals surface area contributed by atoms with Crippen molar-refractivity contribution >= 4 is 28.9 Å². The highest BCUT2D eigenvalue weighted by atomic mass is 35.5. The predicted molar refractivity (Wildman–Crippen MR) is 106 cm³/mol. The third-order valence-electron chi connectivity index (χ3n) is 4.04. The van der Waals surface area contributed by atoms with E-state index < -0.39 is 0 Å². The summed E-state index contributed by atoms with van der Waals surface area (Å²) in [6, 6.07) is 17.8. The van der Waals surface area contributed by atoms with Gasteiger partial charge in [-0.1, -0.05) is 53.7 Å². The molecule has 0 atom stereocenters. The number of methoxy groups -OCH3 is 1. The van der Waals surface area contributed by atoms with Crippen LogP contribution in [0.3, 0.4) is 0 Å². The second-order valence-electron chi connectivity index (χ2n) is 5.70. The largest absolute Gasteiger partial charge is 0.497 e. The van der Waals surface area contributed by atoms with Crippen LogP contribution in [-0.4, -0.2) is 21.7 Å². The van der Waals surface area contributed by atoms with Crippen LogP contribution < -0.4 is 4.74 Å². The molecule has 4 nitrogen and oxygen atoms in total. The number of nitrogens with zero attached hydrogens (tertiary/aromatic N) is 3. The van der Waals surface area contributed by atoms with Crippen LogP contribution in [0, 0.1) is 0 Å². The number of rotatable bonds is 5. The molecule has 4 aromatic rings. The first-order valence-corrected chi connectivity index (χ1v) is 9.46. The molecule has 0 spiro atoms.